The van der Waals surface area contributed by atoms with Gasteiger partial charge in [-0.15, -0.1) is 0 Å². The van der Waals surface area contributed by atoms with Crippen LogP contribution >= 0.6 is 0 Å². The number of benzene rings is 1. The molecule has 0 fully saturated rings. The molecule has 2 aromatic rings. The third-order valence-electron chi connectivity index (χ3n) is 3.77. The zero-order valence-corrected chi connectivity index (χ0v) is 13.7. The van der Waals surface area contributed by atoms with E-state index in [1.165, 1.54) is 5.56 Å². The first-order valence-electron chi connectivity index (χ1n) is 7.52. The first-order valence-corrected chi connectivity index (χ1v) is 7.52. The largest absolute Gasteiger partial charge is 0.497 e. The molecule has 0 unspecified atom stereocenters. The highest BCUT2D eigenvalue weighted by atomic mass is 16.5. The van der Waals surface area contributed by atoms with E-state index in [4.69, 9.17) is 9.47 Å². The van der Waals surface area contributed by atoms with Crippen molar-refractivity contribution >= 4 is 0 Å². The highest BCUT2D eigenvalue weighted by Gasteiger charge is 2.20. The normalized spacial score (nSPS) is 13.8. The Labute approximate surface area is 132 Å². The second kappa shape index (κ2) is 7.96. The van der Waals surface area contributed by atoms with Crippen molar-refractivity contribution in [3.8, 4) is 5.75 Å². The maximum absolute atomic E-state index is 5.24. The van der Waals surface area contributed by atoms with E-state index >= 15 is 0 Å². The fraction of sp³-hybridized carbons (Fsp3) is 0.471. The summed E-state index contributed by atoms with van der Waals surface area (Å²) in [6, 6.07) is 8.48. The Morgan fingerprint density at radius 2 is 1.95 bits per heavy atom. The van der Waals surface area contributed by atoms with Crippen molar-refractivity contribution in [2.24, 2.45) is 7.05 Å². The highest BCUT2D eigenvalue weighted by molar-refractivity contribution is 5.32. The fourth-order valence-electron chi connectivity index (χ4n) is 2.43. The molecule has 0 radical (unpaired) electrons. The standard InChI is InChI=1S/C17H25N3O2/c1-13(9-12-21-3)19-16(17-18-10-11-20(17)2)14-5-7-15(22-4)8-6-14/h5-8,10-11,13,16,19H,9,12H2,1-4H3/t13-,16-/m0/s1. The van der Waals surface area contributed by atoms with Crippen LogP contribution in [0.2, 0.25) is 0 Å². The molecule has 0 saturated carbocycles. The number of rotatable bonds is 8. The van der Waals surface area contributed by atoms with Crippen LogP contribution < -0.4 is 10.1 Å². The summed E-state index contributed by atoms with van der Waals surface area (Å²) in [6.45, 7) is 2.91. The molecule has 2 rings (SSSR count). The topological polar surface area (TPSA) is 48.3 Å². The van der Waals surface area contributed by atoms with Crippen molar-refractivity contribution in [1.29, 1.82) is 0 Å². The maximum Gasteiger partial charge on any atom is 0.130 e. The van der Waals surface area contributed by atoms with Gasteiger partial charge in [-0.2, -0.15) is 0 Å². The van der Waals surface area contributed by atoms with Crippen LogP contribution in [0.5, 0.6) is 5.75 Å². The number of imidazole rings is 1. The van der Waals surface area contributed by atoms with E-state index in [1.54, 1.807) is 14.2 Å². The van der Waals surface area contributed by atoms with Gasteiger partial charge in [-0.25, -0.2) is 4.98 Å². The number of hydrogen-bond acceptors (Lipinski definition) is 4. The van der Waals surface area contributed by atoms with Gasteiger partial charge < -0.3 is 19.4 Å². The number of ether oxygens (including phenoxy) is 2. The van der Waals surface area contributed by atoms with Crippen LogP contribution in [0.1, 0.15) is 30.8 Å². The van der Waals surface area contributed by atoms with Gasteiger partial charge in [0, 0.05) is 39.2 Å². The van der Waals surface area contributed by atoms with Crippen LogP contribution in [-0.2, 0) is 11.8 Å². The van der Waals surface area contributed by atoms with E-state index < -0.39 is 0 Å². The Morgan fingerprint density at radius 1 is 1.23 bits per heavy atom. The molecule has 0 aliphatic heterocycles. The predicted octanol–water partition coefficient (Wildman–Crippen LogP) is 2.53. The molecule has 1 heterocycles. The molecule has 2 atom stereocenters. The van der Waals surface area contributed by atoms with Gasteiger partial charge in [-0.3, -0.25) is 0 Å². The van der Waals surface area contributed by atoms with Gasteiger partial charge >= 0.3 is 0 Å². The summed E-state index contributed by atoms with van der Waals surface area (Å²) in [5.74, 6) is 1.85. The van der Waals surface area contributed by atoms with E-state index in [2.05, 4.69) is 29.4 Å². The molecule has 0 bridgehead atoms. The summed E-state index contributed by atoms with van der Waals surface area (Å²) < 4.78 is 12.5. The Balaban J connectivity index is 2.23. The summed E-state index contributed by atoms with van der Waals surface area (Å²) >= 11 is 0. The Hall–Kier alpha value is -1.85. The van der Waals surface area contributed by atoms with Gasteiger partial charge in [0.25, 0.3) is 0 Å². The van der Waals surface area contributed by atoms with Gasteiger partial charge in [-0.1, -0.05) is 12.1 Å². The van der Waals surface area contributed by atoms with Crippen LogP contribution in [0.4, 0.5) is 0 Å². The zero-order chi connectivity index (χ0) is 15.9. The molecule has 120 valence electrons. The lowest BCUT2D eigenvalue weighted by molar-refractivity contribution is 0.183. The second-order valence-corrected chi connectivity index (χ2v) is 5.45. The summed E-state index contributed by atoms with van der Waals surface area (Å²) in [5.41, 5.74) is 1.17. The van der Waals surface area contributed by atoms with Gasteiger partial charge in [0.05, 0.1) is 13.2 Å². The third-order valence-corrected chi connectivity index (χ3v) is 3.77. The highest BCUT2D eigenvalue weighted by Crippen LogP contribution is 2.23. The van der Waals surface area contributed by atoms with Crippen molar-refractivity contribution in [3.05, 3.63) is 48.0 Å². The van der Waals surface area contributed by atoms with Gasteiger partial charge in [0.2, 0.25) is 0 Å². The Bertz CT molecular complexity index is 566. The number of aryl methyl sites for hydroxylation is 1. The van der Waals surface area contributed by atoms with Crippen molar-refractivity contribution in [3.63, 3.8) is 0 Å². The van der Waals surface area contributed by atoms with Gasteiger partial charge in [-0.05, 0) is 31.0 Å². The molecule has 1 aromatic heterocycles. The first kappa shape index (κ1) is 16.5. The van der Waals surface area contributed by atoms with Crippen LogP contribution in [-0.4, -0.2) is 36.4 Å². The van der Waals surface area contributed by atoms with Crippen molar-refractivity contribution in [2.75, 3.05) is 20.8 Å². The molecule has 5 nitrogen and oxygen atoms in total. The average molecular weight is 303 g/mol. The third kappa shape index (κ3) is 4.08. The van der Waals surface area contributed by atoms with E-state index in [1.807, 2.05) is 36.1 Å². The number of nitrogens with zero attached hydrogens (tertiary/aromatic N) is 2. The molecule has 5 heteroatoms. The van der Waals surface area contributed by atoms with E-state index in [0.29, 0.717) is 6.04 Å². The van der Waals surface area contributed by atoms with Crippen molar-refractivity contribution < 1.29 is 9.47 Å². The van der Waals surface area contributed by atoms with Crippen LogP contribution in [0, 0.1) is 0 Å². The van der Waals surface area contributed by atoms with E-state index in [0.717, 1.165) is 24.6 Å². The molecule has 22 heavy (non-hydrogen) atoms. The zero-order valence-electron chi connectivity index (χ0n) is 13.7. The molecule has 0 spiro atoms. The lowest BCUT2D eigenvalue weighted by atomic mass is 10.0. The molecular weight excluding hydrogens is 278 g/mol. The molecule has 0 aliphatic carbocycles. The lowest BCUT2D eigenvalue weighted by Crippen LogP contribution is -2.33. The Morgan fingerprint density at radius 3 is 2.50 bits per heavy atom. The predicted molar refractivity (Wildman–Crippen MR) is 87.1 cm³/mol. The summed E-state index contributed by atoms with van der Waals surface area (Å²) in [5, 5.41) is 3.64. The van der Waals surface area contributed by atoms with Gasteiger partial charge in [0.1, 0.15) is 11.6 Å². The smallest absolute Gasteiger partial charge is 0.130 e. The molecular formula is C17H25N3O2. The quantitative estimate of drug-likeness (QED) is 0.814. The number of methoxy groups -OCH3 is 2. The summed E-state index contributed by atoms with van der Waals surface area (Å²) in [4.78, 5) is 4.51. The van der Waals surface area contributed by atoms with Crippen LogP contribution in [0.15, 0.2) is 36.7 Å². The van der Waals surface area contributed by atoms with Crippen molar-refractivity contribution in [2.45, 2.75) is 25.4 Å². The SMILES string of the molecule is COCC[C@H](C)N[C@@H](c1ccc(OC)cc1)c1nccn1C. The minimum Gasteiger partial charge on any atom is -0.497 e. The first-order chi connectivity index (χ1) is 10.7. The minimum atomic E-state index is 0.0396. The molecule has 1 N–H and O–H groups in total. The van der Waals surface area contributed by atoms with Crippen molar-refractivity contribution in [1.82, 2.24) is 14.9 Å². The summed E-state index contributed by atoms with van der Waals surface area (Å²) in [7, 11) is 5.42. The summed E-state index contributed by atoms with van der Waals surface area (Å²) in [6.07, 6.45) is 4.74. The molecule has 1 aromatic carbocycles. The van der Waals surface area contributed by atoms with Crippen LogP contribution in [0.3, 0.4) is 0 Å². The van der Waals surface area contributed by atoms with E-state index in [9.17, 15) is 0 Å². The lowest BCUT2D eigenvalue weighted by Gasteiger charge is -2.23. The monoisotopic (exact) mass is 303 g/mol. The molecule has 0 amide bonds. The molecule has 0 saturated heterocycles. The minimum absolute atomic E-state index is 0.0396. The number of aromatic nitrogens is 2. The molecule has 0 aliphatic rings. The second-order valence-electron chi connectivity index (χ2n) is 5.45. The Kier molecular flexibility index (Phi) is 5.98. The van der Waals surface area contributed by atoms with Gasteiger partial charge in [0.15, 0.2) is 0 Å². The number of hydrogen-bond donors (Lipinski definition) is 1. The van der Waals surface area contributed by atoms with E-state index in [-0.39, 0.29) is 6.04 Å². The van der Waals surface area contributed by atoms with Crippen LogP contribution in [0.25, 0.3) is 0 Å². The maximum atomic E-state index is 5.24. The average Bonchev–Trinajstić information content (AvgIpc) is 2.96. The fourth-order valence-corrected chi connectivity index (χ4v) is 2.43. The number of nitrogens with one attached hydrogen (secondary N) is 1.